The van der Waals surface area contributed by atoms with Crippen LogP contribution in [0, 0.1) is 0 Å². The van der Waals surface area contributed by atoms with E-state index in [-0.39, 0.29) is 39.4 Å². The van der Waals surface area contributed by atoms with E-state index in [1.807, 2.05) is 0 Å². The standard InChI is InChI=1S/C22H41N5O5Si2/c1-21(2,3)33(7,8)30-12-14-13(32-34(9,10)22(4,5)6)11-15(31-14)27-17-16(24-20(27)29)18(28)26-19(23)25-17/h13-15H,11-12H2,1-10H3,(H,24,29)(H3,23,25,26,28)/t13-,14+,15+/m0/s1. The van der Waals surface area contributed by atoms with E-state index in [0.29, 0.717) is 13.0 Å². The smallest absolute Gasteiger partial charge is 0.329 e. The molecule has 0 unspecified atom stereocenters. The molecule has 12 heteroatoms. The molecule has 0 bridgehead atoms. The van der Waals surface area contributed by atoms with Gasteiger partial charge in [-0.25, -0.2) is 9.36 Å². The number of anilines is 1. The monoisotopic (exact) mass is 511 g/mol. The molecule has 3 rings (SSSR count). The number of rotatable bonds is 6. The van der Waals surface area contributed by atoms with Crippen LogP contribution in [0.15, 0.2) is 9.59 Å². The molecule has 10 nitrogen and oxygen atoms in total. The van der Waals surface area contributed by atoms with Crippen molar-refractivity contribution in [3.8, 4) is 0 Å². The average Bonchev–Trinajstić information content (AvgIpc) is 3.17. The zero-order valence-corrected chi connectivity index (χ0v) is 24.2. The lowest BCUT2D eigenvalue weighted by molar-refractivity contribution is -0.0393. The number of nitrogens with one attached hydrogen (secondary N) is 2. The first-order valence-electron chi connectivity index (χ1n) is 11.8. The summed E-state index contributed by atoms with van der Waals surface area (Å²) in [6, 6.07) is 0. The minimum Gasteiger partial charge on any atom is -0.414 e. The Morgan fingerprint density at radius 3 is 2.21 bits per heavy atom. The Bertz CT molecular complexity index is 1160. The molecule has 0 amide bonds. The molecular weight excluding hydrogens is 470 g/mol. The highest BCUT2D eigenvalue weighted by Gasteiger charge is 2.47. The lowest BCUT2D eigenvalue weighted by atomic mass is 10.2. The van der Waals surface area contributed by atoms with Crippen molar-refractivity contribution in [2.24, 2.45) is 0 Å². The molecule has 1 saturated heterocycles. The van der Waals surface area contributed by atoms with Crippen LogP contribution in [-0.4, -0.2) is 55.0 Å². The van der Waals surface area contributed by atoms with Gasteiger partial charge in [0.25, 0.3) is 5.56 Å². The third-order valence-corrected chi connectivity index (χ3v) is 16.7. The van der Waals surface area contributed by atoms with E-state index >= 15 is 0 Å². The summed E-state index contributed by atoms with van der Waals surface area (Å²) in [6.45, 7) is 22.3. The van der Waals surface area contributed by atoms with Crippen molar-refractivity contribution in [2.45, 2.75) is 103 Å². The normalized spacial score (nSPS) is 22.6. The summed E-state index contributed by atoms with van der Waals surface area (Å²) >= 11 is 0. The van der Waals surface area contributed by atoms with Crippen molar-refractivity contribution < 1.29 is 13.6 Å². The molecule has 0 radical (unpaired) electrons. The molecule has 2 aromatic rings. The van der Waals surface area contributed by atoms with Gasteiger partial charge in [0.15, 0.2) is 27.8 Å². The van der Waals surface area contributed by atoms with Gasteiger partial charge in [0.05, 0.1) is 12.7 Å². The molecule has 1 aliphatic rings. The minimum absolute atomic E-state index is 0.0108. The summed E-state index contributed by atoms with van der Waals surface area (Å²) in [5.41, 5.74) is 5.03. The van der Waals surface area contributed by atoms with Gasteiger partial charge in [0.2, 0.25) is 5.95 Å². The van der Waals surface area contributed by atoms with Gasteiger partial charge in [-0.2, -0.15) is 4.98 Å². The van der Waals surface area contributed by atoms with Crippen molar-refractivity contribution in [3.63, 3.8) is 0 Å². The highest BCUT2D eigenvalue weighted by Crippen LogP contribution is 2.42. The summed E-state index contributed by atoms with van der Waals surface area (Å²) in [5, 5.41) is 0.0634. The first-order valence-corrected chi connectivity index (χ1v) is 17.6. The van der Waals surface area contributed by atoms with Gasteiger partial charge in [-0.05, 0) is 36.3 Å². The van der Waals surface area contributed by atoms with Gasteiger partial charge in [0.1, 0.15) is 12.3 Å². The van der Waals surface area contributed by atoms with Crippen molar-refractivity contribution in [1.82, 2.24) is 19.5 Å². The van der Waals surface area contributed by atoms with Crippen LogP contribution in [0.4, 0.5) is 5.95 Å². The predicted octanol–water partition coefficient (Wildman–Crippen LogP) is 3.69. The maximum Gasteiger partial charge on any atom is 0.329 e. The molecule has 1 aliphatic heterocycles. The van der Waals surface area contributed by atoms with E-state index < -0.39 is 34.1 Å². The van der Waals surface area contributed by atoms with E-state index in [1.165, 1.54) is 4.57 Å². The number of imidazole rings is 1. The average molecular weight is 512 g/mol. The fraction of sp³-hybridized carbons (Fsp3) is 0.773. The number of H-pyrrole nitrogens is 2. The van der Waals surface area contributed by atoms with Crippen LogP contribution in [0.1, 0.15) is 54.2 Å². The molecular formula is C22H41N5O5Si2. The molecule has 1 fully saturated rings. The van der Waals surface area contributed by atoms with Crippen LogP contribution in [0.3, 0.4) is 0 Å². The second kappa shape index (κ2) is 8.73. The Balaban J connectivity index is 1.97. The molecule has 4 N–H and O–H groups in total. The van der Waals surface area contributed by atoms with E-state index in [0.717, 1.165) is 0 Å². The number of nitrogen functional groups attached to an aromatic ring is 1. The number of aromatic nitrogens is 4. The van der Waals surface area contributed by atoms with Gasteiger partial charge in [-0.1, -0.05) is 41.5 Å². The second-order valence-corrected chi connectivity index (χ2v) is 21.9. The van der Waals surface area contributed by atoms with Crippen molar-refractivity contribution in [1.29, 1.82) is 0 Å². The Morgan fingerprint density at radius 2 is 1.65 bits per heavy atom. The van der Waals surface area contributed by atoms with Crippen LogP contribution in [-0.2, 0) is 13.6 Å². The highest BCUT2D eigenvalue weighted by molar-refractivity contribution is 6.74. The lowest BCUT2D eigenvalue weighted by Gasteiger charge is -2.40. The topological polar surface area (TPSA) is 137 Å². The number of ether oxygens (including phenoxy) is 1. The molecule has 0 spiro atoms. The van der Waals surface area contributed by atoms with E-state index in [1.54, 1.807) is 0 Å². The molecule has 3 heterocycles. The fourth-order valence-electron chi connectivity index (χ4n) is 3.49. The van der Waals surface area contributed by atoms with Crippen LogP contribution in [0.2, 0.25) is 36.3 Å². The van der Waals surface area contributed by atoms with E-state index in [2.05, 4.69) is 82.7 Å². The van der Waals surface area contributed by atoms with Crippen LogP contribution in [0.5, 0.6) is 0 Å². The zero-order chi connectivity index (χ0) is 25.9. The number of aromatic amines is 2. The van der Waals surface area contributed by atoms with Gasteiger partial charge in [-0.3, -0.25) is 14.8 Å². The fourth-order valence-corrected chi connectivity index (χ4v) is 5.86. The number of nitrogens with two attached hydrogens (primary N) is 1. The summed E-state index contributed by atoms with van der Waals surface area (Å²) in [4.78, 5) is 34.3. The lowest BCUT2D eigenvalue weighted by Crippen LogP contribution is -2.48. The van der Waals surface area contributed by atoms with E-state index in [9.17, 15) is 9.59 Å². The minimum atomic E-state index is -2.13. The van der Waals surface area contributed by atoms with Gasteiger partial charge in [-0.15, -0.1) is 0 Å². The Kier molecular flexibility index (Phi) is 6.90. The summed E-state index contributed by atoms with van der Waals surface area (Å²) < 4.78 is 21.0. The molecule has 0 aliphatic carbocycles. The van der Waals surface area contributed by atoms with Crippen molar-refractivity contribution >= 4 is 33.7 Å². The molecule has 192 valence electrons. The predicted molar refractivity (Wildman–Crippen MR) is 139 cm³/mol. The van der Waals surface area contributed by atoms with Crippen molar-refractivity contribution in [3.05, 3.63) is 20.8 Å². The molecule has 0 saturated carbocycles. The molecule has 3 atom stereocenters. The largest absolute Gasteiger partial charge is 0.414 e. The van der Waals surface area contributed by atoms with Crippen LogP contribution >= 0.6 is 0 Å². The SMILES string of the molecule is CC(C)(C)[Si](C)(C)OC[C@H]1O[C@@H](n2c(=O)[nH]c3c(=O)[nH]c(N)nc32)C[C@@H]1O[Si](C)(C)C(C)(C)C. The van der Waals surface area contributed by atoms with Gasteiger partial charge in [0, 0.05) is 6.42 Å². The van der Waals surface area contributed by atoms with Crippen molar-refractivity contribution in [2.75, 3.05) is 12.3 Å². The maximum atomic E-state index is 12.8. The van der Waals surface area contributed by atoms with E-state index in [4.69, 9.17) is 19.3 Å². The maximum absolute atomic E-state index is 12.8. The number of nitrogens with zero attached hydrogens (tertiary/aromatic N) is 2. The second-order valence-electron chi connectivity index (χ2n) is 12.3. The van der Waals surface area contributed by atoms with Gasteiger partial charge < -0.3 is 19.3 Å². The zero-order valence-electron chi connectivity index (χ0n) is 22.2. The number of hydrogen-bond donors (Lipinski definition) is 3. The van der Waals surface area contributed by atoms with Gasteiger partial charge >= 0.3 is 5.69 Å². The first kappa shape index (κ1) is 26.9. The third-order valence-electron chi connectivity index (χ3n) is 7.73. The Labute approximate surface area is 202 Å². The number of hydrogen-bond acceptors (Lipinski definition) is 7. The van der Waals surface area contributed by atoms with Crippen LogP contribution in [0.25, 0.3) is 11.2 Å². The summed E-state index contributed by atoms with van der Waals surface area (Å²) in [6.07, 6.45) is -0.826. The van der Waals surface area contributed by atoms with Crippen LogP contribution < -0.4 is 17.0 Å². The summed E-state index contributed by atoms with van der Waals surface area (Å²) in [7, 11) is -4.16. The molecule has 0 aromatic carbocycles. The third kappa shape index (κ3) is 5.10. The highest BCUT2D eigenvalue weighted by atomic mass is 28.4. The summed E-state index contributed by atoms with van der Waals surface area (Å²) in [5.74, 6) is -0.0601. The number of fused-ring (bicyclic) bond motifs is 1. The Morgan fingerprint density at radius 1 is 1.06 bits per heavy atom. The molecule has 2 aromatic heterocycles. The quantitative estimate of drug-likeness (QED) is 0.503. The first-order chi connectivity index (χ1) is 15.3. The Hall–Kier alpha value is -1.74. The molecule has 34 heavy (non-hydrogen) atoms.